The summed E-state index contributed by atoms with van der Waals surface area (Å²) in [4.78, 5) is 0. The molecule has 0 fully saturated rings. The molecule has 1 aromatic carbocycles. The molecule has 1 unspecified atom stereocenters. The first-order valence-corrected chi connectivity index (χ1v) is 5.66. The number of rotatable bonds is 5. The summed E-state index contributed by atoms with van der Waals surface area (Å²) in [7, 11) is 0. The smallest absolute Gasteiger partial charge is 0.123 e. The van der Waals surface area contributed by atoms with E-state index in [4.69, 9.17) is 5.73 Å². The van der Waals surface area contributed by atoms with E-state index in [-0.39, 0.29) is 11.9 Å². The Morgan fingerprint density at radius 3 is 2.67 bits per heavy atom. The zero-order valence-electron chi connectivity index (χ0n) is 9.59. The minimum absolute atomic E-state index is 0.0529. The summed E-state index contributed by atoms with van der Waals surface area (Å²) in [6.07, 6.45) is 4.55. The topological polar surface area (TPSA) is 26.0 Å². The molecule has 84 valence electrons. The van der Waals surface area contributed by atoms with Gasteiger partial charge in [0.2, 0.25) is 0 Å². The third kappa shape index (κ3) is 3.63. The van der Waals surface area contributed by atoms with Crippen LogP contribution in [0.15, 0.2) is 18.2 Å². The number of nitrogens with two attached hydrogens (primary N) is 1. The molecule has 0 radical (unpaired) electrons. The van der Waals surface area contributed by atoms with Gasteiger partial charge in [0.1, 0.15) is 5.82 Å². The summed E-state index contributed by atoms with van der Waals surface area (Å²) >= 11 is 0. The van der Waals surface area contributed by atoms with E-state index in [1.807, 2.05) is 6.92 Å². The molecular formula is C13H20FN. The molecule has 0 amide bonds. The predicted molar refractivity (Wildman–Crippen MR) is 62.2 cm³/mol. The molecule has 1 aromatic rings. The van der Waals surface area contributed by atoms with Crippen molar-refractivity contribution in [3.63, 3.8) is 0 Å². The molecule has 0 aromatic heterocycles. The van der Waals surface area contributed by atoms with Gasteiger partial charge in [0.05, 0.1) is 0 Å². The van der Waals surface area contributed by atoms with Crippen LogP contribution in [0.1, 0.15) is 49.8 Å². The second-order valence-corrected chi connectivity index (χ2v) is 4.10. The standard InChI is InChI=1S/C13H20FN/c1-3-4-5-6-13(15)12-8-7-11(14)9-10(12)2/h7-9,13H,3-6,15H2,1-2H3. The Hall–Kier alpha value is -0.890. The van der Waals surface area contributed by atoms with E-state index in [2.05, 4.69) is 6.92 Å². The van der Waals surface area contributed by atoms with Gasteiger partial charge in [-0.15, -0.1) is 0 Å². The molecule has 1 rings (SSSR count). The minimum Gasteiger partial charge on any atom is -0.324 e. The summed E-state index contributed by atoms with van der Waals surface area (Å²) in [5.74, 6) is -0.183. The van der Waals surface area contributed by atoms with Gasteiger partial charge in [-0.2, -0.15) is 0 Å². The molecule has 0 aliphatic heterocycles. The molecule has 2 N–H and O–H groups in total. The van der Waals surface area contributed by atoms with Gasteiger partial charge in [-0.05, 0) is 36.6 Å². The maximum atomic E-state index is 12.9. The van der Waals surface area contributed by atoms with Crippen LogP contribution in [0.2, 0.25) is 0 Å². The number of unbranched alkanes of at least 4 members (excludes halogenated alkanes) is 2. The van der Waals surface area contributed by atoms with Gasteiger partial charge in [-0.1, -0.05) is 32.3 Å². The van der Waals surface area contributed by atoms with Gasteiger partial charge >= 0.3 is 0 Å². The minimum atomic E-state index is -0.183. The molecule has 15 heavy (non-hydrogen) atoms. The van der Waals surface area contributed by atoms with Crippen molar-refractivity contribution in [1.29, 1.82) is 0 Å². The number of aryl methyl sites for hydroxylation is 1. The molecule has 0 spiro atoms. The van der Waals surface area contributed by atoms with Crippen molar-refractivity contribution in [3.05, 3.63) is 35.1 Å². The van der Waals surface area contributed by atoms with E-state index >= 15 is 0 Å². The van der Waals surface area contributed by atoms with Crippen molar-refractivity contribution in [3.8, 4) is 0 Å². The molecule has 1 atom stereocenters. The first-order chi connectivity index (χ1) is 7.15. The fourth-order valence-electron chi connectivity index (χ4n) is 1.82. The maximum Gasteiger partial charge on any atom is 0.123 e. The third-order valence-electron chi connectivity index (χ3n) is 2.75. The van der Waals surface area contributed by atoms with E-state index in [0.717, 1.165) is 24.0 Å². The highest BCUT2D eigenvalue weighted by Crippen LogP contribution is 2.21. The van der Waals surface area contributed by atoms with Gasteiger partial charge < -0.3 is 5.73 Å². The first kappa shape index (κ1) is 12.2. The van der Waals surface area contributed by atoms with Crippen LogP contribution in [0.25, 0.3) is 0 Å². The average Bonchev–Trinajstić information content (AvgIpc) is 2.17. The van der Waals surface area contributed by atoms with E-state index in [1.54, 1.807) is 12.1 Å². The van der Waals surface area contributed by atoms with Crippen LogP contribution in [-0.4, -0.2) is 0 Å². The van der Waals surface area contributed by atoms with Gasteiger partial charge in [0.25, 0.3) is 0 Å². The Morgan fingerprint density at radius 1 is 1.33 bits per heavy atom. The summed E-state index contributed by atoms with van der Waals surface area (Å²) in [6, 6.07) is 4.90. The molecule has 0 aliphatic carbocycles. The molecule has 0 saturated heterocycles. The Labute approximate surface area is 91.5 Å². The fourth-order valence-corrected chi connectivity index (χ4v) is 1.82. The summed E-state index contributed by atoms with van der Waals surface area (Å²) in [5.41, 5.74) is 8.10. The van der Waals surface area contributed by atoms with Gasteiger partial charge in [-0.25, -0.2) is 4.39 Å². The maximum absolute atomic E-state index is 12.9. The van der Waals surface area contributed by atoms with Crippen molar-refractivity contribution in [2.24, 2.45) is 5.73 Å². The molecule has 0 aliphatic rings. The highest BCUT2D eigenvalue weighted by Gasteiger charge is 2.08. The largest absolute Gasteiger partial charge is 0.324 e. The van der Waals surface area contributed by atoms with Crippen LogP contribution in [0.4, 0.5) is 4.39 Å². The zero-order valence-corrected chi connectivity index (χ0v) is 9.59. The SMILES string of the molecule is CCCCCC(N)c1ccc(F)cc1C. The monoisotopic (exact) mass is 209 g/mol. The lowest BCUT2D eigenvalue weighted by Gasteiger charge is -2.14. The second-order valence-electron chi connectivity index (χ2n) is 4.10. The Balaban J connectivity index is 2.61. The van der Waals surface area contributed by atoms with Crippen molar-refractivity contribution in [2.45, 2.75) is 45.6 Å². The lowest BCUT2D eigenvalue weighted by atomic mass is 9.97. The Bertz CT molecular complexity index is 309. The van der Waals surface area contributed by atoms with E-state index < -0.39 is 0 Å². The number of hydrogen-bond donors (Lipinski definition) is 1. The number of hydrogen-bond acceptors (Lipinski definition) is 1. The van der Waals surface area contributed by atoms with Crippen LogP contribution < -0.4 is 5.73 Å². The van der Waals surface area contributed by atoms with Crippen molar-refractivity contribution >= 4 is 0 Å². The third-order valence-corrected chi connectivity index (χ3v) is 2.75. The van der Waals surface area contributed by atoms with Gasteiger partial charge in [0, 0.05) is 6.04 Å². The number of benzene rings is 1. The predicted octanol–water partition coefficient (Wildman–Crippen LogP) is 3.71. The van der Waals surface area contributed by atoms with Crippen molar-refractivity contribution in [1.82, 2.24) is 0 Å². The fraction of sp³-hybridized carbons (Fsp3) is 0.538. The summed E-state index contributed by atoms with van der Waals surface area (Å²) in [5, 5.41) is 0. The van der Waals surface area contributed by atoms with Gasteiger partial charge in [0.15, 0.2) is 0 Å². The molecule has 0 bridgehead atoms. The van der Waals surface area contributed by atoms with E-state index in [0.29, 0.717) is 0 Å². The normalized spacial score (nSPS) is 12.8. The van der Waals surface area contributed by atoms with E-state index in [1.165, 1.54) is 18.9 Å². The molecule has 0 heterocycles. The lowest BCUT2D eigenvalue weighted by Crippen LogP contribution is -2.11. The first-order valence-electron chi connectivity index (χ1n) is 5.66. The van der Waals surface area contributed by atoms with E-state index in [9.17, 15) is 4.39 Å². The van der Waals surface area contributed by atoms with Crippen molar-refractivity contribution < 1.29 is 4.39 Å². The van der Waals surface area contributed by atoms with Crippen LogP contribution in [0, 0.1) is 12.7 Å². The Morgan fingerprint density at radius 2 is 2.07 bits per heavy atom. The number of halogens is 1. The molecule has 0 saturated carbocycles. The molecule has 2 heteroatoms. The Kier molecular flexibility index (Phi) is 4.76. The van der Waals surface area contributed by atoms with Crippen LogP contribution in [0.5, 0.6) is 0 Å². The quantitative estimate of drug-likeness (QED) is 0.735. The van der Waals surface area contributed by atoms with Crippen LogP contribution in [-0.2, 0) is 0 Å². The van der Waals surface area contributed by atoms with Gasteiger partial charge in [-0.3, -0.25) is 0 Å². The molecule has 1 nitrogen and oxygen atoms in total. The zero-order chi connectivity index (χ0) is 11.3. The molecular weight excluding hydrogens is 189 g/mol. The highest BCUT2D eigenvalue weighted by atomic mass is 19.1. The van der Waals surface area contributed by atoms with Crippen LogP contribution in [0.3, 0.4) is 0 Å². The van der Waals surface area contributed by atoms with Crippen LogP contribution >= 0.6 is 0 Å². The summed E-state index contributed by atoms with van der Waals surface area (Å²) in [6.45, 7) is 4.09. The average molecular weight is 209 g/mol. The summed E-state index contributed by atoms with van der Waals surface area (Å²) < 4.78 is 12.9. The lowest BCUT2D eigenvalue weighted by molar-refractivity contribution is 0.575. The highest BCUT2D eigenvalue weighted by molar-refractivity contribution is 5.29. The van der Waals surface area contributed by atoms with Crippen molar-refractivity contribution in [2.75, 3.05) is 0 Å². The second kappa shape index (κ2) is 5.86.